The fourth-order valence-electron chi connectivity index (χ4n) is 1.24. The van der Waals surface area contributed by atoms with Gasteiger partial charge in [-0.05, 0) is 11.5 Å². The first kappa shape index (κ1) is 10.5. The lowest BCUT2D eigenvalue weighted by Crippen LogP contribution is -2.00. The molecule has 0 saturated heterocycles. The summed E-state index contributed by atoms with van der Waals surface area (Å²) < 4.78 is 10.7. The van der Waals surface area contributed by atoms with Crippen molar-refractivity contribution < 1.29 is 14.4 Å². The molecule has 0 spiro atoms. The zero-order valence-corrected chi connectivity index (χ0v) is 8.32. The van der Waals surface area contributed by atoms with E-state index in [4.69, 9.17) is 9.79 Å². The van der Waals surface area contributed by atoms with Crippen molar-refractivity contribution in [1.29, 1.82) is 0 Å². The maximum absolute atomic E-state index is 10.7. The van der Waals surface area contributed by atoms with Crippen molar-refractivity contribution in [3.8, 4) is 0 Å². The summed E-state index contributed by atoms with van der Waals surface area (Å²) in [6, 6.07) is 9.37. The summed E-state index contributed by atoms with van der Waals surface area (Å²) in [4.78, 5) is 17.5. The van der Waals surface area contributed by atoms with E-state index in [1.165, 1.54) is 0 Å². The molecule has 1 aromatic carbocycles. The molecule has 0 saturated carbocycles. The van der Waals surface area contributed by atoms with E-state index in [-0.39, 0.29) is 12.1 Å². The van der Waals surface area contributed by atoms with Gasteiger partial charge in [0.2, 0.25) is 0 Å². The maximum Gasteiger partial charge on any atom is 0.326 e. The third-order valence-electron chi connectivity index (χ3n) is 1.88. The van der Waals surface area contributed by atoms with E-state index in [1.54, 1.807) is 0 Å². The molecule has 1 rings (SSSR count). The number of hydrogen-bond acceptors (Lipinski definition) is 1. The van der Waals surface area contributed by atoms with E-state index >= 15 is 0 Å². The van der Waals surface area contributed by atoms with Gasteiger partial charge in [-0.15, -0.1) is 0 Å². The molecule has 0 aliphatic carbocycles. The van der Waals surface area contributed by atoms with E-state index in [0.29, 0.717) is 0 Å². The average molecular weight is 200 g/mol. The van der Waals surface area contributed by atoms with Gasteiger partial charge in [0.05, 0.1) is 6.16 Å². The first-order valence-corrected chi connectivity index (χ1v) is 5.88. The Balaban J connectivity index is 2.70. The van der Waals surface area contributed by atoms with Crippen LogP contribution in [0.5, 0.6) is 0 Å². The normalized spacial score (nSPS) is 14.1. The van der Waals surface area contributed by atoms with Crippen LogP contribution in [-0.4, -0.2) is 15.9 Å². The lowest BCUT2D eigenvalue weighted by molar-refractivity contribution is 0.370. The highest BCUT2D eigenvalue weighted by atomic mass is 31.2. The lowest BCUT2D eigenvalue weighted by Gasteiger charge is -2.12. The molecule has 0 aliphatic rings. The van der Waals surface area contributed by atoms with E-state index in [0.717, 1.165) is 5.56 Å². The van der Waals surface area contributed by atoms with Crippen LogP contribution in [0.25, 0.3) is 0 Å². The second-order valence-electron chi connectivity index (χ2n) is 3.16. The van der Waals surface area contributed by atoms with Gasteiger partial charge in [0, 0.05) is 0 Å². The molecule has 0 heterocycles. The first-order chi connectivity index (χ1) is 5.99. The Hall–Kier alpha value is -0.630. The molecule has 0 radical (unpaired) electrons. The van der Waals surface area contributed by atoms with Crippen molar-refractivity contribution in [2.24, 2.45) is 0 Å². The van der Waals surface area contributed by atoms with Crippen LogP contribution in [0.2, 0.25) is 0 Å². The molecule has 2 N–H and O–H groups in total. The van der Waals surface area contributed by atoms with Crippen LogP contribution in [0.4, 0.5) is 0 Å². The average Bonchev–Trinajstić information content (AvgIpc) is 2.03. The SMILES string of the molecule is CC(CP(=O)(O)O)c1ccccc1. The topological polar surface area (TPSA) is 57.5 Å². The number of hydrogen-bond donors (Lipinski definition) is 2. The summed E-state index contributed by atoms with van der Waals surface area (Å²) in [6.07, 6.45) is -0.0863. The Morgan fingerprint density at radius 1 is 1.31 bits per heavy atom. The molecule has 1 atom stereocenters. The van der Waals surface area contributed by atoms with Crippen LogP contribution >= 0.6 is 7.60 Å². The Labute approximate surface area is 77.6 Å². The molecule has 0 bridgehead atoms. The second kappa shape index (κ2) is 4.05. The number of benzene rings is 1. The van der Waals surface area contributed by atoms with Crippen LogP contribution in [0.3, 0.4) is 0 Å². The van der Waals surface area contributed by atoms with Crippen molar-refractivity contribution in [2.45, 2.75) is 12.8 Å². The Morgan fingerprint density at radius 3 is 2.31 bits per heavy atom. The highest BCUT2D eigenvalue weighted by Crippen LogP contribution is 2.39. The third kappa shape index (κ3) is 3.73. The predicted molar refractivity (Wildman–Crippen MR) is 51.8 cm³/mol. The molecule has 3 nitrogen and oxygen atoms in total. The summed E-state index contributed by atoms with van der Waals surface area (Å²) in [6.45, 7) is 1.81. The van der Waals surface area contributed by atoms with Gasteiger partial charge < -0.3 is 9.79 Å². The molecule has 4 heteroatoms. The van der Waals surface area contributed by atoms with Crippen LogP contribution < -0.4 is 0 Å². The van der Waals surface area contributed by atoms with Crippen LogP contribution in [0.15, 0.2) is 30.3 Å². The minimum Gasteiger partial charge on any atom is -0.324 e. The fourth-order valence-corrected chi connectivity index (χ4v) is 2.17. The number of rotatable bonds is 3. The first-order valence-electron chi connectivity index (χ1n) is 4.08. The minimum absolute atomic E-state index is 0.0863. The smallest absolute Gasteiger partial charge is 0.324 e. The van der Waals surface area contributed by atoms with Gasteiger partial charge >= 0.3 is 7.60 Å². The van der Waals surface area contributed by atoms with Crippen molar-refractivity contribution in [1.82, 2.24) is 0 Å². The molecule has 72 valence electrons. The summed E-state index contributed by atoms with van der Waals surface area (Å²) in [5.74, 6) is -0.0953. The molecule has 13 heavy (non-hydrogen) atoms. The third-order valence-corrected chi connectivity index (χ3v) is 2.90. The van der Waals surface area contributed by atoms with Crippen molar-refractivity contribution in [3.63, 3.8) is 0 Å². The Bertz CT molecular complexity index is 304. The van der Waals surface area contributed by atoms with Gasteiger partial charge in [0.1, 0.15) is 0 Å². The van der Waals surface area contributed by atoms with Gasteiger partial charge in [-0.3, -0.25) is 4.57 Å². The summed E-state index contributed by atoms with van der Waals surface area (Å²) in [5.41, 5.74) is 0.964. The van der Waals surface area contributed by atoms with E-state index in [2.05, 4.69) is 0 Å². The van der Waals surface area contributed by atoms with Gasteiger partial charge in [0.25, 0.3) is 0 Å². The van der Waals surface area contributed by atoms with Gasteiger partial charge in [-0.1, -0.05) is 37.3 Å². The zero-order valence-electron chi connectivity index (χ0n) is 7.42. The van der Waals surface area contributed by atoms with Gasteiger partial charge in [-0.2, -0.15) is 0 Å². The quantitative estimate of drug-likeness (QED) is 0.733. The largest absolute Gasteiger partial charge is 0.326 e. The fraction of sp³-hybridized carbons (Fsp3) is 0.333. The van der Waals surface area contributed by atoms with Crippen molar-refractivity contribution in [3.05, 3.63) is 35.9 Å². The Kier molecular flexibility index (Phi) is 3.26. The molecule has 0 aromatic heterocycles. The van der Waals surface area contributed by atoms with Crippen molar-refractivity contribution >= 4 is 7.60 Å². The van der Waals surface area contributed by atoms with E-state index in [9.17, 15) is 4.57 Å². The lowest BCUT2D eigenvalue weighted by atomic mass is 10.0. The maximum atomic E-state index is 10.7. The van der Waals surface area contributed by atoms with Gasteiger partial charge in [0.15, 0.2) is 0 Å². The summed E-state index contributed by atoms with van der Waals surface area (Å²) in [7, 11) is -3.89. The summed E-state index contributed by atoms with van der Waals surface area (Å²) >= 11 is 0. The molecule has 0 amide bonds. The van der Waals surface area contributed by atoms with E-state index < -0.39 is 7.60 Å². The van der Waals surface area contributed by atoms with Crippen LogP contribution in [-0.2, 0) is 4.57 Å². The standard InChI is InChI=1S/C9H13O3P/c1-8(7-13(10,11)12)9-5-3-2-4-6-9/h2-6,8H,7H2,1H3,(H2,10,11,12). The predicted octanol–water partition coefficient (Wildman–Crippen LogP) is 1.97. The monoisotopic (exact) mass is 200 g/mol. The molecule has 0 aliphatic heterocycles. The minimum atomic E-state index is -3.89. The molecular formula is C9H13O3P. The molecule has 0 fully saturated rings. The Morgan fingerprint density at radius 2 is 1.85 bits per heavy atom. The molecule has 1 unspecified atom stereocenters. The van der Waals surface area contributed by atoms with Gasteiger partial charge in [-0.25, -0.2) is 0 Å². The second-order valence-corrected chi connectivity index (χ2v) is 4.85. The zero-order chi connectivity index (χ0) is 9.90. The molecular weight excluding hydrogens is 187 g/mol. The van der Waals surface area contributed by atoms with Crippen molar-refractivity contribution in [2.75, 3.05) is 6.16 Å². The summed E-state index contributed by atoms with van der Waals surface area (Å²) in [5, 5.41) is 0. The van der Waals surface area contributed by atoms with Crippen LogP contribution in [0, 0.1) is 0 Å². The van der Waals surface area contributed by atoms with Crippen LogP contribution in [0.1, 0.15) is 18.4 Å². The van der Waals surface area contributed by atoms with E-state index in [1.807, 2.05) is 37.3 Å². The molecule has 1 aromatic rings. The highest BCUT2D eigenvalue weighted by Gasteiger charge is 2.18. The highest BCUT2D eigenvalue weighted by molar-refractivity contribution is 7.51.